The van der Waals surface area contributed by atoms with Crippen molar-refractivity contribution in [3.8, 4) is 5.75 Å². The average Bonchev–Trinajstić information content (AvgIpc) is 2.92. The highest BCUT2D eigenvalue weighted by Gasteiger charge is 2.05. The van der Waals surface area contributed by atoms with Crippen molar-refractivity contribution in [2.45, 2.75) is 45.9 Å². The topological polar surface area (TPSA) is 53.1 Å². The fourth-order valence-corrected chi connectivity index (χ4v) is 2.11. The van der Waals surface area contributed by atoms with E-state index in [1.165, 1.54) is 0 Å². The molecule has 0 aliphatic carbocycles. The molecule has 20 heavy (non-hydrogen) atoms. The molecule has 1 aromatic carbocycles. The molecule has 0 aliphatic heterocycles. The van der Waals surface area contributed by atoms with Crippen molar-refractivity contribution in [1.82, 2.24) is 9.55 Å². The van der Waals surface area contributed by atoms with Crippen LogP contribution in [0.15, 0.2) is 36.8 Å². The zero-order chi connectivity index (χ0) is 14.4. The van der Waals surface area contributed by atoms with Crippen molar-refractivity contribution < 1.29 is 4.74 Å². The Labute approximate surface area is 120 Å². The molecule has 0 bridgehead atoms. The van der Waals surface area contributed by atoms with E-state index < -0.39 is 0 Å². The van der Waals surface area contributed by atoms with Crippen LogP contribution in [0.2, 0.25) is 0 Å². The van der Waals surface area contributed by atoms with Gasteiger partial charge in [-0.05, 0) is 30.5 Å². The van der Waals surface area contributed by atoms with Crippen LogP contribution >= 0.6 is 0 Å². The standard InChI is InChI=1S/C16H23N3O/c1-3-9-19-12-18-10-14(19)11-20-15-7-5-13(6-8-15)16(17)4-2/h5-8,10,12,16H,3-4,9,11,17H2,1-2H3/t16-/m0/s1. The number of hydrogen-bond acceptors (Lipinski definition) is 3. The third-order valence-corrected chi connectivity index (χ3v) is 3.40. The van der Waals surface area contributed by atoms with E-state index in [9.17, 15) is 0 Å². The fourth-order valence-electron chi connectivity index (χ4n) is 2.11. The Morgan fingerprint density at radius 1 is 1.25 bits per heavy atom. The van der Waals surface area contributed by atoms with Crippen molar-refractivity contribution in [2.24, 2.45) is 5.73 Å². The van der Waals surface area contributed by atoms with Crippen molar-refractivity contribution in [3.05, 3.63) is 48.0 Å². The molecule has 2 rings (SSSR count). The van der Waals surface area contributed by atoms with Crippen LogP contribution in [-0.4, -0.2) is 9.55 Å². The van der Waals surface area contributed by atoms with Gasteiger partial charge in [-0.2, -0.15) is 0 Å². The lowest BCUT2D eigenvalue weighted by Crippen LogP contribution is -2.08. The van der Waals surface area contributed by atoms with Crippen LogP contribution in [0.3, 0.4) is 0 Å². The number of imidazole rings is 1. The van der Waals surface area contributed by atoms with E-state index in [2.05, 4.69) is 23.4 Å². The van der Waals surface area contributed by atoms with Gasteiger partial charge < -0.3 is 15.0 Å². The van der Waals surface area contributed by atoms with Gasteiger partial charge >= 0.3 is 0 Å². The molecule has 0 saturated heterocycles. The molecular formula is C16H23N3O. The summed E-state index contributed by atoms with van der Waals surface area (Å²) in [5, 5.41) is 0. The summed E-state index contributed by atoms with van der Waals surface area (Å²) in [4.78, 5) is 4.17. The fraction of sp³-hybridized carbons (Fsp3) is 0.438. The zero-order valence-corrected chi connectivity index (χ0v) is 12.2. The van der Waals surface area contributed by atoms with E-state index in [-0.39, 0.29) is 6.04 Å². The minimum absolute atomic E-state index is 0.107. The van der Waals surface area contributed by atoms with E-state index in [0.717, 1.165) is 36.4 Å². The molecule has 4 nitrogen and oxygen atoms in total. The van der Waals surface area contributed by atoms with E-state index >= 15 is 0 Å². The number of aromatic nitrogens is 2. The quantitative estimate of drug-likeness (QED) is 0.842. The van der Waals surface area contributed by atoms with Gasteiger partial charge in [0.25, 0.3) is 0 Å². The number of hydrogen-bond donors (Lipinski definition) is 1. The molecule has 0 spiro atoms. The SMILES string of the molecule is CCCn1cncc1COc1ccc([C@@H](N)CC)cc1. The summed E-state index contributed by atoms with van der Waals surface area (Å²) < 4.78 is 7.93. The van der Waals surface area contributed by atoms with E-state index in [0.29, 0.717) is 6.61 Å². The second kappa shape index (κ2) is 7.10. The van der Waals surface area contributed by atoms with Crippen LogP contribution < -0.4 is 10.5 Å². The average molecular weight is 273 g/mol. The number of nitrogens with two attached hydrogens (primary N) is 1. The minimum atomic E-state index is 0.107. The highest BCUT2D eigenvalue weighted by Crippen LogP contribution is 2.19. The lowest BCUT2D eigenvalue weighted by molar-refractivity contribution is 0.294. The Balaban J connectivity index is 1.95. The third-order valence-electron chi connectivity index (χ3n) is 3.40. The molecule has 0 unspecified atom stereocenters. The summed E-state index contributed by atoms with van der Waals surface area (Å²) >= 11 is 0. The zero-order valence-electron chi connectivity index (χ0n) is 12.2. The molecule has 2 aromatic rings. The lowest BCUT2D eigenvalue weighted by atomic mass is 10.1. The van der Waals surface area contributed by atoms with Gasteiger partial charge in [-0.1, -0.05) is 26.0 Å². The summed E-state index contributed by atoms with van der Waals surface area (Å²) in [6.45, 7) is 5.76. The van der Waals surface area contributed by atoms with Gasteiger partial charge in [0.2, 0.25) is 0 Å². The maximum atomic E-state index is 6.00. The number of nitrogens with zero attached hydrogens (tertiary/aromatic N) is 2. The molecule has 1 atom stereocenters. The van der Waals surface area contributed by atoms with Gasteiger partial charge in [0, 0.05) is 12.6 Å². The third kappa shape index (κ3) is 3.61. The van der Waals surface area contributed by atoms with Crippen molar-refractivity contribution in [3.63, 3.8) is 0 Å². The Bertz CT molecular complexity index is 519. The molecular weight excluding hydrogens is 250 g/mol. The van der Waals surface area contributed by atoms with Crippen LogP contribution in [-0.2, 0) is 13.2 Å². The largest absolute Gasteiger partial charge is 0.487 e. The van der Waals surface area contributed by atoms with Gasteiger partial charge in [-0.25, -0.2) is 4.98 Å². The summed E-state index contributed by atoms with van der Waals surface area (Å²) in [5.74, 6) is 0.862. The second-order valence-electron chi connectivity index (χ2n) is 4.95. The second-order valence-corrected chi connectivity index (χ2v) is 4.95. The van der Waals surface area contributed by atoms with Crippen LogP contribution in [0.5, 0.6) is 5.75 Å². The number of aryl methyl sites for hydroxylation is 1. The molecule has 2 N–H and O–H groups in total. The summed E-state index contributed by atoms with van der Waals surface area (Å²) in [5.41, 5.74) is 8.24. The Morgan fingerprint density at radius 2 is 2.00 bits per heavy atom. The number of ether oxygens (including phenoxy) is 1. The monoisotopic (exact) mass is 273 g/mol. The maximum Gasteiger partial charge on any atom is 0.130 e. The maximum absolute atomic E-state index is 6.00. The summed E-state index contributed by atoms with van der Waals surface area (Å²) in [6, 6.07) is 8.13. The molecule has 1 heterocycles. The molecule has 0 saturated carbocycles. The van der Waals surface area contributed by atoms with Crippen LogP contribution in [0.4, 0.5) is 0 Å². The van der Waals surface area contributed by atoms with Crippen LogP contribution in [0.25, 0.3) is 0 Å². The predicted molar refractivity (Wildman–Crippen MR) is 80.5 cm³/mol. The van der Waals surface area contributed by atoms with E-state index in [1.807, 2.05) is 36.8 Å². The first-order valence-electron chi connectivity index (χ1n) is 7.22. The van der Waals surface area contributed by atoms with Gasteiger partial charge in [0.15, 0.2) is 0 Å². The molecule has 0 radical (unpaired) electrons. The summed E-state index contributed by atoms with van der Waals surface area (Å²) in [7, 11) is 0. The molecule has 0 amide bonds. The number of benzene rings is 1. The van der Waals surface area contributed by atoms with E-state index in [4.69, 9.17) is 10.5 Å². The Hall–Kier alpha value is -1.81. The van der Waals surface area contributed by atoms with Crippen LogP contribution in [0, 0.1) is 0 Å². The summed E-state index contributed by atoms with van der Waals surface area (Å²) in [6.07, 6.45) is 5.74. The highest BCUT2D eigenvalue weighted by atomic mass is 16.5. The van der Waals surface area contributed by atoms with Crippen molar-refractivity contribution >= 4 is 0 Å². The molecule has 0 fully saturated rings. The predicted octanol–water partition coefficient (Wildman–Crippen LogP) is 3.28. The van der Waals surface area contributed by atoms with E-state index in [1.54, 1.807) is 0 Å². The smallest absolute Gasteiger partial charge is 0.130 e. The Morgan fingerprint density at radius 3 is 2.65 bits per heavy atom. The molecule has 4 heteroatoms. The molecule has 108 valence electrons. The van der Waals surface area contributed by atoms with Gasteiger partial charge in [0.1, 0.15) is 12.4 Å². The molecule has 1 aromatic heterocycles. The number of rotatable bonds is 7. The first-order valence-corrected chi connectivity index (χ1v) is 7.22. The van der Waals surface area contributed by atoms with Gasteiger partial charge in [0.05, 0.1) is 18.2 Å². The lowest BCUT2D eigenvalue weighted by Gasteiger charge is -2.11. The molecule has 0 aliphatic rings. The van der Waals surface area contributed by atoms with Gasteiger partial charge in [-0.15, -0.1) is 0 Å². The minimum Gasteiger partial charge on any atom is -0.487 e. The first-order chi connectivity index (χ1) is 9.74. The highest BCUT2D eigenvalue weighted by molar-refractivity contribution is 5.29. The normalized spacial score (nSPS) is 12.3. The van der Waals surface area contributed by atoms with Crippen LogP contribution in [0.1, 0.15) is 44.0 Å². The van der Waals surface area contributed by atoms with Gasteiger partial charge in [-0.3, -0.25) is 0 Å². The Kier molecular flexibility index (Phi) is 5.18. The van der Waals surface area contributed by atoms with Crippen molar-refractivity contribution in [2.75, 3.05) is 0 Å². The first kappa shape index (κ1) is 14.6. The van der Waals surface area contributed by atoms with Crippen molar-refractivity contribution in [1.29, 1.82) is 0 Å².